The number of aromatic nitrogens is 1. The fourth-order valence-corrected chi connectivity index (χ4v) is 1.68. The van der Waals surface area contributed by atoms with E-state index < -0.39 is 0 Å². The number of hydrogen-bond donors (Lipinski definition) is 0. The Bertz CT molecular complexity index is 477. The average molecular weight is 203 g/mol. The summed E-state index contributed by atoms with van der Waals surface area (Å²) >= 11 is 0. The van der Waals surface area contributed by atoms with E-state index in [1.807, 2.05) is 18.2 Å². The number of benzene rings is 1. The van der Waals surface area contributed by atoms with Crippen molar-refractivity contribution in [3.8, 4) is 0 Å². The van der Waals surface area contributed by atoms with Gasteiger partial charge in [0.1, 0.15) is 11.3 Å². The summed E-state index contributed by atoms with van der Waals surface area (Å²) in [6.07, 6.45) is 0.893. The smallest absolute Gasteiger partial charge is 0.149 e. The molecule has 0 radical (unpaired) electrons. The Morgan fingerprint density at radius 3 is 2.73 bits per heavy atom. The minimum Gasteiger partial charge on any atom is -0.250 e. The molecule has 0 aliphatic carbocycles. The van der Waals surface area contributed by atoms with E-state index >= 15 is 0 Å². The molecular formula is C13H14FN. The maximum absolute atomic E-state index is 13.4. The Balaban J connectivity index is 2.50. The third-order valence-electron chi connectivity index (χ3n) is 2.35. The lowest BCUT2D eigenvalue weighted by molar-refractivity contribution is 0.625. The molecule has 2 rings (SSSR count). The van der Waals surface area contributed by atoms with E-state index in [2.05, 4.69) is 18.8 Å². The van der Waals surface area contributed by atoms with Crippen LogP contribution in [0.3, 0.4) is 0 Å². The number of pyridine rings is 1. The largest absolute Gasteiger partial charge is 0.250 e. The van der Waals surface area contributed by atoms with Gasteiger partial charge in [-0.15, -0.1) is 0 Å². The Kier molecular flexibility index (Phi) is 2.67. The molecule has 0 N–H and O–H groups in total. The summed E-state index contributed by atoms with van der Waals surface area (Å²) in [6, 6.07) is 8.95. The molecule has 15 heavy (non-hydrogen) atoms. The van der Waals surface area contributed by atoms with Gasteiger partial charge in [-0.05, 0) is 24.5 Å². The summed E-state index contributed by atoms with van der Waals surface area (Å²) in [4.78, 5) is 4.34. The first-order valence-electron chi connectivity index (χ1n) is 5.21. The van der Waals surface area contributed by atoms with Crippen LogP contribution in [0.4, 0.5) is 4.39 Å². The summed E-state index contributed by atoms with van der Waals surface area (Å²) in [5, 5.41) is 0.863. The van der Waals surface area contributed by atoms with E-state index in [-0.39, 0.29) is 5.82 Å². The minimum atomic E-state index is -0.238. The van der Waals surface area contributed by atoms with E-state index in [1.54, 1.807) is 6.07 Å². The van der Waals surface area contributed by atoms with Gasteiger partial charge in [0.25, 0.3) is 0 Å². The number of hydrogen-bond acceptors (Lipinski definition) is 1. The van der Waals surface area contributed by atoms with Crippen LogP contribution in [0.25, 0.3) is 10.9 Å². The van der Waals surface area contributed by atoms with Crippen LogP contribution >= 0.6 is 0 Å². The van der Waals surface area contributed by atoms with Crippen molar-refractivity contribution in [3.63, 3.8) is 0 Å². The molecule has 0 unspecified atom stereocenters. The average Bonchev–Trinajstić information content (AvgIpc) is 2.18. The van der Waals surface area contributed by atoms with Gasteiger partial charge in [-0.25, -0.2) is 9.37 Å². The molecule has 1 heterocycles. The second-order valence-electron chi connectivity index (χ2n) is 4.21. The molecule has 0 saturated heterocycles. The molecule has 2 aromatic rings. The molecule has 0 saturated carbocycles. The predicted octanol–water partition coefficient (Wildman–Crippen LogP) is 3.57. The zero-order valence-corrected chi connectivity index (χ0v) is 9.00. The Morgan fingerprint density at radius 2 is 2.00 bits per heavy atom. The normalized spacial score (nSPS) is 11.2. The highest BCUT2D eigenvalue weighted by Gasteiger charge is 2.04. The third-order valence-corrected chi connectivity index (χ3v) is 2.35. The van der Waals surface area contributed by atoms with Crippen LogP contribution < -0.4 is 0 Å². The van der Waals surface area contributed by atoms with E-state index in [1.165, 1.54) is 6.07 Å². The van der Waals surface area contributed by atoms with Crippen molar-refractivity contribution in [2.24, 2.45) is 5.92 Å². The molecule has 0 bridgehead atoms. The zero-order valence-electron chi connectivity index (χ0n) is 9.00. The second-order valence-corrected chi connectivity index (χ2v) is 4.21. The highest BCUT2D eigenvalue weighted by molar-refractivity contribution is 5.79. The fraction of sp³-hybridized carbons (Fsp3) is 0.308. The summed E-state index contributed by atoms with van der Waals surface area (Å²) in [5.41, 5.74) is 1.44. The Morgan fingerprint density at radius 1 is 1.20 bits per heavy atom. The zero-order chi connectivity index (χ0) is 10.8. The highest BCUT2D eigenvalue weighted by Crippen LogP contribution is 2.17. The van der Waals surface area contributed by atoms with Crippen LogP contribution in [-0.2, 0) is 6.42 Å². The number of para-hydroxylation sites is 1. The van der Waals surface area contributed by atoms with Crippen molar-refractivity contribution in [1.82, 2.24) is 4.98 Å². The molecule has 1 aromatic carbocycles. The standard InChI is InChI=1S/C13H14FN/c1-9(2)8-11-7-6-10-4-3-5-12(14)13(10)15-11/h3-7,9H,8H2,1-2H3. The van der Waals surface area contributed by atoms with Crippen molar-refractivity contribution in [2.75, 3.05) is 0 Å². The van der Waals surface area contributed by atoms with Gasteiger partial charge >= 0.3 is 0 Å². The van der Waals surface area contributed by atoms with Gasteiger partial charge in [0.15, 0.2) is 0 Å². The van der Waals surface area contributed by atoms with Crippen LogP contribution in [0.2, 0.25) is 0 Å². The Hall–Kier alpha value is -1.44. The van der Waals surface area contributed by atoms with Crippen LogP contribution in [0.1, 0.15) is 19.5 Å². The first kappa shape index (κ1) is 10.1. The fourth-order valence-electron chi connectivity index (χ4n) is 1.68. The van der Waals surface area contributed by atoms with Crippen molar-refractivity contribution in [2.45, 2.75) is 20.3 Å². The number of nitrogens with zero attached hydrogens (tertiary/aromatic N) is 1. The van der Waals surface area contributed by atoms with Crippen LogP contribution in [0.5, 0.6) is 0 Å². The maximum atomic E-state index is 13.4. The van der Waals surface area contributed by atoms with Crippen molar-refractivity contribution in [3.05, 3.63) is 41.8 Å². The summed E-state index contributed by atoms with van der Waals surface area (Å²) < 4.78 is 13.4. The van der Waals surface area contributed by atoms with Gasteiger partial charge < -0.3 is 0 Å². The quantitative estimate of drug-likeness (QED) is 0.727. The van der Waals surface area contributed by atoms with Crippen LogP contribution in [0.15, 0.2) is 30.3 Å². The molecule has 0 fully saturated rings. The first-order valence-corrected chi connectivity index (χ1v) is 5.21. The van der Waals surface area contributed by atoms with E-state index in [4.69, 9.17) is 0 Å². The number of fused-ring (bicyclic) bond motifs is 1. The minimum absolute atomic E-state index is 0.238. The SMILES string of the molecule is CC(C)Cc1ccc2cccc(F)c2n1. The molecule has 2 heteroatoms. The second kappa shape index (κ2) is 3.97. The molecular weight excluding hydrogens is 189 g/mol. The van der Waals surface area contributed by atoms with E-state index in [0.717, 1.165) is 17.5 Å². The number of halogens is 1. The predicted molar refractivity (Wildman–Crippen MR) is 60.2 cm³/mol. The molecule has 0 amide bonds. The molecule has 0 aliphatic heterocycles. The lowest BCUT2D eigenvalue weighted by Gasteiger charge is -2.05. The van der Waals surface area contributed by atoms with Crippen molar-refractivity contribution >= 4 is 10.9 Å². The van der Waals surface area contributed by atoms with Gasteiger partial charge in [-0.1, -0.05) is 32.0 Å². The molecule has 0 atom stereocenters. The molecule has 1 aromatic heterocycles. The van der Waals surface area contributed by atoms with Gasteiger partial charge in [-0.2, -0.15) is 0 Å². The molecule has 1 nitrogen and oxygen atoms in total. The summed E-state index contributed by atoms with van der Waals surface area (Å²) in [5.74, 6) is 0.305. The van der Waals surface area contributed by atoms with Gasteiger partial charge in [0.2, 0.25) is 0 Å². The van der Waals surface area contributed by atoms with E-state index in [0.29, 0.717) is 11.4 Å². The van der Waals surface area contributed by atoms with E-state index in [9.17, 15) is 4.39 Å². The third kappa shape index (κ3) is 2.14. The lowest BCUT2D eigenvalue weighted by Crippen LogP contribution is -1.97. The molecule has 0 aliphatic rings. The topological polar surface area (TPSA) is 12.9 Å². The lowest BCUT2D eigenvalue weighted by atomic mass is 10.1. The van der Waals surface area contributed by atoms with Crippen molar-refractivity contribution in [1.29, 1.82) is 0 Å². The summed E-state index contributed by atoms with van der Waals surface area (Å²) in [7, 11) is 0. The first-order chi connectivity index (χ1) is 7.16. The van der Waals surface area contributed by atoms with Gasteiger partial charge in [0.05, 0.1) is 0 Å². The highest BCUT2D eigenvalue weighted by atomic mass is 19.1. The Labute approximate surface area is 89.0 Å². The van der Waals surface area contributed by atoms with Gasteiger partial charge in [-0.3, -0.25) is 0 Å². The molecule has 0 spiro atoms. The van der Waals surface area contributed by atoms with Crippen LogP contribution in [0, 0.1) is 11.7 Å². The summed E-state index contributed by atoms with van der Waals surface area (Å²) in [6.45, 7) is 4.26. The van der Waals surface area contributed by atoms with Crippen molar-refractivity contribution < 1.29 is 4.39 Å². The van der Waals surface area contributed by atoms with Gasteiger partial charge in [0, 0.05) is 11.1 Å². The van der Waals surface area contributed by atoms with Crippen LogP contribution in [-0.4, -0.2) is 4.98 Å². The number of rotatable bonds is 2. The molecule has 78 valence electrons. The monoisotopic (exact) mass is 203 g/mol. The maximum Gasteiger partial charge on any atom is 0.149 e.